The number of ketones is 1. The van der Waals surface area contributed by atoms with Gasteiger partial charge in [0.1, 0.15) is 17.6 Å². The Kier molecular flexibility index (Phi) is 5.16. The molecule has 1 saturated heterocycles. The molecule has 1 aromatic carbocycles. The summed E-state index contributed by atoms with van der Waals surface area (Å²) in [4.78, 5) is 24.2. The predicted octanol–water partition coefficient (Wildman–Crippen LogP) is 2.02. The average Bonchev–Trinajstić information content (AvgIpc) is 2.80. The van der Waals surface area contributed by atoms with Crippen LogP contribution >= 0.6 is 0 Å². The molecule has 2 rings (SSSR count). The van der Waals surface area contributed by atoms with Crippen LogP contribution in [0.1, 0.15) is 13.3 Å². The minimum atomic E-state index is -0.373. The number of hydrogen-bond donors (Lipinski definition) is 0. The lowest BCUT2D eigenvalue weighted by Gasteiger charge is -2.13. The highest BCUT2D eigenvalue weighted by Gasteiger charge is 2.32. The maximum absolute atomic E-state index is 11.8. The van der Waals surface area contributed by atoms with Crippen molar-refractivity contribution in [3.8, 4) is 5.75 Å². The molecule has 0 saturated carbocycles. The first-order valence-electron chi connectivity index (χ1n) is 6.79. The zero-order valence-electron chi connectivity index (χ0n) is 12.2. The van der Waals surface area contributed by atoms with E-state index < -0.39 is 0 Å². The Balaban J connectivity index is 1.92. The zero-order valence-corrected chi connectivity index (χ0v) is 12.2. The number of cyclic esters (lactones) is 1. The average molecular weight is 293 g/mol. The standard InChI is InChI=1S/C15H19NO5/c1-11(17)7-8-20-13-5-3-12(4-6-13)16-9-14(10-19-2)21-15(16)18/h3-6,14H,7-10H2,1-2H3/t14-/m1/s1. The van der Waals surface area contributed by atoms with Crippen molar-refractivity contribution in [2.75, 3.05) is 31.8 Å². The first-order valence-corrected chi connectivity index (χ1v) is 6.79. The van der Waals surface area contributed by atoms with Gasteiger partial charge in [0, 0.05) is 19.2 Å². The summed E-state index contributed by atoms with van der Waals surface area (Å²) in [6.07, 6.45) is -0.227. The second-order valence-corrected chi connectivity index (χ2v) is 4.87. The molecule has 0 unspecified atom stereocenters. The minimum Gasteiger partial charge on any atom is -0.493 e. The van der Waals surface area contributed by atoms with Gasteiger partial charge in [-0.15, -0.1) is 0 Å². The quantitative estimate of drug-likeness (QED) is 0.769. The van der Waals surface area contributed by atoms with Gasteiger partial charge in [-0.25, -0.2) is 4.79 Å². The van der Waals surface area contributed by atoms with Gasteiger partial charge in [-0.05, 0) is 31.2 Å². The van der Waals surface area contributed by atoms with Crippen molar-refractivity contribution in [1.82, 2.24) is 0 Å². The van der Waals surface area contributed by atoms with Crippen molar-refractivity contribution in [2.45, 2.75) is 19.4 Å². The number of anilines is 1. The molecular formula is C15H19NO5. The summed E-state index contributed by atoms with van der Waals surface area (Å²) in [7, 11) is 1.57. The summed E-state index contributed by atoms with van der Waals surface area (Å²) < 4.78 is 15.6. The van der Waals surface area contributed by atoms with E-state index >= 15 is 0 Å². The van der Waals surface area contributed by atoms with Crippen molar-refractivity contribution in [2.24, 2.45) is 0 Å². The smallest absolute Gasteiger partial charge is 0.414 e. The Morgan fingerprint density at radius 1 is 1.38 bits per heavy atom. The minimum absolute atomic E-state index is 0.0932. The Morgan fingerprint density at radius 3 is 2.71 bits per heavy atom. The van der Waals surface area contributed by atoms with Crippen LogP contribution in [0.2, 0.25) is 0 Å². The highest BCUT2D eigenvalue weighted by atomic mass is 16.6. The number of Topliss-reactive ketones (excluding diaryl/α,β-unsaturated/α-hetero) is 1. The van der Waals surface area contributed by atoms with E-state index in [2.05, 4.69) is 0 Å². The van der Waals surface area contributed by atoms with E-state index in [1.165, 1.54) is 6.92 Å². The molecule has 1 aliphatic heterocycles. The summed E-state index contributed by atoms with van der Waals surface area (Å²) in [5, 5.41) is 0. The molecule has 0 N–H and O–H groups in total. The van der Waals surface area contributed by atoms with Crippen LogP contribution in [0, 0.1) is 0 Å². The summed E-state index contributed by atoms with van der Waals surface area (Å²) in [6, 6.07) is 7.12. The van der Waals surface area contributed by atoms with Gasteiger partial charge in [0.05, 0.1) is 19.8 Å². The molecule has 1 aliphatic rings. The number of rotatable bonds is 7. The van der Waals surface area contributed by atoms with E-state index in [-0.39, 0.29) is 18.0 Å². The highest BCUT2D eigenvalue weighted by Crippen LogP contribution is 2.24. The third kappa shape index (κ3) is 4.19. The SMILES string of the molecule is COC[C@H]1CN(c2ccc(OCCC(C)=O)cc2)C(=O)O1. The number of carbonyl (C=O) groups is 2. The van der Waals surface area contributed by atoms with E-state index in [0.29, 0.717) is 31.9 Å². The molecule has 1 heterocycles. The van der Waals surface area contributed by atoms with E-state index in [0.717, 1.165) is 5.69 Å². The van der Waals surface area contributed by atoms with Gasteiger partial charge in [-0.1, -0.05) is 0 Å². The van der Waals surface area contributed by atoms with E-state index in [1.54, 1.807) is 36.3 Å². The molecule has 1 atom stereocenters. The van der Waals surface area contributed by atoms with E-state index in [4.69, 9.17) is 14.2 Å². The molecule has 6 heteroatoms. The molecule has 0 spiro atoms. The van der Waals surface area contributed by atoms with Crippen LogP contribution < -0.4 is 9.64 Å². The van der Waals surface area contributed by atoms with Crippen LogP contribution in [-0.2, 0) is 14.3 Å². The predicted molar refractivity (Wildman–Crippen MR) is 76.7 cm³/mol. The van der Waals surface area contributed by atoms with Gasteiger partial charge in [-0.2, -0.15) is 0 Å². The van der Waals surface area contributed by atoms with Crippen LogP contribution in [-0.4, -0.2) is 44.8 Å². The summed E-state index contributed by atoms with van der Waals surface area (Å²) in [5.41, 5.74) is 0.748. The number of amides is 1. The van der Waals surface area contributed by atoms with Gasteiger partial charge in [0.25, 0.3) is 0 Å². The molecule has 6 nitrogen and oxygen atoms in total. The Bertz CT molecular complexity index is 499. The molecule has 0 aliphatic carbocycles. The maximum Gasteiger partial charge on any atom is 0.414 e. The van der Waals surface area contributed by atoms with Crippen LogP contribution in [0.3, 0.4) is 0 Å². The van der Waals surface area contributed by atoms with Crippen molar-refractivity contribution in [3.05, 3.63) is 24.3 Å². The lowest BCUT2D eigenvalue weighted by atomic mass is 10.2. The maximum atomic E-state index is 11.8. The number of nitrogens with zero attached hydrogens (tertiary/aromatic N) is 1. The third-order valence-corrected chi connectivity index (χ3v) is 3.10. The zero-order chi connectivity index (χ0) is 15.2. The van der Waals surface area contributed by atoms with Crippen molar-refractivity contribution < 1.29 is 23.8 Å². The van der Waals surface area contributed by atoms with Crippen LogP contribution in [0.15, 0.2) is 24.3 Å². The van der Waals surface area contributed by atoms with Gasteiger partial charge >= 0.3 is 6.09 Å². The fraction of sp³-hybridized carbons (Fsp3) is 0.467. The number of hydrogen-bond acceptors (Lipinski definition) is 5. The van der Waals surface area contributed by atoms with Gasteiger partial charge in [0.15, 0.2) is 0 Å². The lowest BCUT2D eigenvalue weighted by molar-refractivity contribution is -0.117. The molecule has 1 amide bonds. The van der Waals surface area contributed by atoms with Crippen LogP contribution in [0.25, 0.3) is 0 Å². The molecular weight excluding hydrogens is 274 g/mol. The molecule has 21 heavy (non-hydrogen) atoms. The van der Waals surface area contributed by atoms with Crippen molar-refractivity contribution in [3.63, 3.8) is 0 Å². The van der Waals surface area contributed by atoms with Crippen molar-refractivity contribution >= 4 is 17.6 Å². The van der Waals surface area contributed by atoms with Crippen LogP contribution in [0.4, 0.5) is 10.5 Å². The van der Waals surface area contributed by atoms with Crippen LogP contribution in [0.5, 0.6) is 5.75 Å². The third-order valence-electron chi connectivity index (χ3n) is 3.10. The lowest BCUT2D eigenvalue weighted by Crippen LogP contribution is -2.25. The fourth-order valence-corrected chi connectivity index (χ4v) is 2.04. The highest BCUT2D eigenvalue weighted by molar-refractivity contribution is 5.89. The summed E-state index contributed by atoms with van der Waals surface area (Å²) in [5.74, 6) is 0.761. The van der Waals surface area contributed by atoms with Gasteiger partial charge in [0.2, 0.25) is 0 Å². The van der Waals surface area contributed by atoms with Gasteiger partial charge < -0.3 is 14.2 Å². The number of carbonyl (C=O) groups excluding carboxylic acids is 2. The number of methoxy groups -OCH3 is 1. The molecule has 1 fully saturated rings. The van der Waals surface area contributed by atoms with Gasteiger partial charge in [-0.3, -0.25) is 9.69 Å². The second-order valence-electron chi connectivity index (χ2n) is 4.87. The Hall–Kier alpha value is -2.08. The summed E-state index contributed by atoms with van der Waals surface area (Å²) >= 11 is 0. The number of benzene rings is 1. The Morgan fingerprint density at radius 2 is 2.10 bits per heavy atom. The van der Waals surface area contributed by atoms with Crippen molar-refractivity contribution in [1.29, 1.82) is 0 Å². The molecule has 1 aromatic rings. The Labute approximate surface area is 123 Å². The molecule has 0 aromatic heterocycles. The number of ether oxygens (including phenoxy) is 3. The second kappa shape index (κ2) is 7.08. The topological polar surface area (TPSA) is 65.1 Å². The van der Waals surface area contributed by atoms with E-state index in [9.17, 15) is 9.59 Å². The first kappa shape index (κ1) is 15.3. The first-order chi connectivity index (χ1) is 10.1. The normalized spacial score (nSPS) is 17.7. The molecule has 0 radical (unpaired) electrons. The largest absolute Gasteiger partial charge is 0.493 e. The van der Waals surface area contributed by atoms with E-state index in [1.807, 2.05) is 0 Å². The monoisotopic (exact) mass is 293 g/mol. The summed E-state index contributed by atoms with van der Waals surface area (Å²) in [6.45, 7) is 2.74. The fourth-order valence-electron chi connectivity index (χ4n) is 2.04. The molecule has 0 bridgehead atoms. The molecule has 114 valence electrons.